The number of ether oxygens (including phenoxy) is 2. The van der Waals surface area contributed by atoms with Crippen LogP contribution in [0.2, 0.25) is 0 Å². The summed E-state index contributed by atoms with van der Waals surface area (Å²) >= 11 is 0. The van der Waals surface area contributed by atoms with Crippen LogP contribution in [0.3, 0.4) is 0 Å². The molecule has 5 nitrogen and oxygen atoms in total. The van der Waals surface area contributed by atoms with Gasteiger partial charge in [0.05, 0.1) is 30.4 Å². The van der Waals surface area contributed by atoms with Crippen LogP contribution in [0.1, 0.15) is 29.3 Å². The van der Waals surface area contributed by atoms with Gasteiger partial charge in [0.1, 0.15) is 5.82 Å². The van der Waals surface area contributed by atoms with Crippen molar-refractivity contribution in [3.8, 4) is 0 Å². The molecular formula is C15H18FNO4. The molecule has 6 heteroatoms. The van der Waals surface area contributed by atoms with Gasteiger partial charge >= 0.3 is 5.97 Å². The number of amides is 1. The molecule has 0 unspecified atom stereocenters. The Morgan fingerprint density at radius 1 is 1.48 bits per heavy atom. The van der Waals surface area contributed by atoms with Crippen LogP contribution in [-0.2, 0) is 14.3 Å². The van der Waals surface area contributed by atoms with E-state index in [1.165, 1.54) is 12.1 Å². The second-order valence-corrected chi connectivity index (χ2v) is 4.92. The number of halogens is 1. The minimum Gasteiger partial charge on any atom is -0.462 e. The molecule has 21 heavy (non-hydrogen) atoms. The smallest absolute Gasteiger partial charge is 0.338 e. The summed E-state index contributed by atoms with van der Waals surface area (Å²) in [6.45, 7) is 4.41. The summed E-state index contributed by atoms with van der Waals surface area (Å²) in [6, 6.07) is 2.53. The van der Waals surface area contributed by atoms with Crippen LogP contribution in [0.15, 0.2) is 12.1 Å². The van der Waals surface area contributed by atoms with Gasteiger partial charge in [-0.2, -0.15) is 0 Å². The summed E-state index contributed by atoms with van der Waals surface area (Å²) in [7, 11) is 0. The van der Waals surface area contributed by atoms with Crippen LogP contribution in [0.25, 0.3) is 0 Å². The molecule has 2 rings (SSSR count). The first-order chi connectivity index (χ1) is 10.0. The normalized spacial score (nSPS) is 17.6. The number of hydrogen-bond donors (Lipinski definition) is 1. The summed E-state index contributed by atoms with van der Waals surface area (Å²) in [5, 5.41) is 2.52. The van der Waals surface area contributed by atoms with E-state index in [9.17, 15) is 14.0 Å². The fraction of sp³-hybridized carbons (Fsp3) is 0.467. The molecule has 1 aliphatic rings. The average Bonchev–Trinajstić information content (AvgIpc) is 2.96. The van der Waals surface area contributed by atoms with Crippen LogP contribution in [0.4, 0.5) is 10.1 Å². The zero-order valence-electron chi connectivity index (χ0n) is 12.1. The molecule has 1 aromatic rings. The van der Waals surface area contributed by atoms with Crippen molar-refractivity contribution in [2.24, 2.45) is 5.92 Å². The molecule has 1 amide bonds. The van der Waals surface area contributed by atoms with Crippen molar-refractivity contribution in [3.63, 3.8) is 0 Å². The Balaban J connectivity index is 2.20. The molecule has 0 aliphatic carbocycles. The van der Waals surface area contributed by atoms with Gasteiger partial charge in [0.15, 0.2) is 0 Å². The molecule has 1 atom stereocenters. The van der Waals surface area contributed by atoms with E-state index >= 15 is 0 Å². The van der Waals surface area contributed by atoms with E-state index in [1.807, 2.05) is 0 Å². The number of benzene rings is 1. The summed E-state index contributed by atoms with van der Waals surface area (Å²) in [6.07, 6.45) is 0.615. The summed E-state index contributed by atoms with van der Waals surface area (Å²) in [5.41, 5.74) is 0.699. The lowest BCUT2D eigenvalue weighted by Gasteiger charge is -2.13. The first kappa shape index (κ1) is 15.4. The van der Waals surface area contributed by atoms with Gasteiger partial charge in [-0.1, -0.05) is 0 Å². The third-order valence-electron chi connectivity index (χ3n) is 3.37. The number of carbonyl (C=O) groups is 2. The molecule has 114 valence electrons. The van der Waals surface area contributed by atoms with Crippen LogP contribution in [-0.4, -0.2) is 31.7 Å². The minimum atomic E-state index is -0.576. The number of rotatable bonds is 4. The highest BCUT2D eigenvalue weighted by Gasteiger charge is 2.25. The van der Waals surface area contributed by atoms with Crippen molar-refractivity contribution < 1.29 is 23.5 Å². The van der Waals surface area contributed by atoms with Crippen LogP contribution in [0.5, 0.6) is 0 Å². The van der Waals surface area contributed by atoms with Gasteiger partial charge in [-0.3, -0.25) is 4.79 Å². The summed E-state index contributed by atoms with van der Waals surface area (Å²) in [5.74, 6) is -1.69. The quantitative estimate of drug-likeness (QED) is 0.866. The maximum atomic E-state index is 13.9. The lowest BCUT2D eigenvalue weighted by Crippen LogP contribution is -2.23. The second-order valence-electron chi connectivity index (χ2n) is 4.92. The number of carbonyl (C=O) groups excluding carboxylic acids is 2. The van der Waals surface area contributed by atoms with Gasteiger partial charge in [0.25, 0.3) is 0 Å². The molecular weight excluding hydrogens is 277 g/mol. The van der Waals surface area contributed by atoms with Crippen molar-refractivity contribution in [2.75, 3.05) is 25.1 Å². The molecule has 1 heterocycles. The maximum Gasteiger partial charge on any atom is 0.338 e. The molecule has 0 aromatic heterocycles. The van der Waals surface area contributed by atoms with Gasteiger partial charge in [0, 0.05) is 6.61 Å². The monoisotopic (exact) mass is 295 g/mol. The first-order valence-corrected chi connectivity index (χ1v) is 6.88. The lowest BCUT2D eigenvalue weighted by molar-refractivity contribution is -0.119. The van der Waals surface area contributed by atoms with Gasteiger partial charge in [0.2, 0.25) is 5.91 Å². The molecule has 1 N–H and O–H groups in total. The SMILES string of the molecule is CCOC(=O)c1cc(NC(=O)[C@@H]2CCOC2)c(F)cc1C. The van der Waals surface area contributed by atoms with Gasteiger partial charge in [-0.15, -0.1) is 0 Å². The van der Waals surface area contributed by atoms with Crippen LogP contribution >= 0.6 is 0 Å². The number of aryl methyl sites for hydroxylation is 1. The Hall–Kier alpha value is -1.95. The second kappa shape index (κ2) is 6.67. The standard InChI is InChI=1S/C15H18FNO4/c1-3-21-15(19)11-7-13(12(16)6-9(11)2)17-14(18)10-4-5-20-8-10/h6-7,10H,3-5,8H2,1-2H3,(H,17,18)/t10-/m1/s1. The average molecular weight is 295 g/mol. The predicted octanol–water partition coefficient (Wildman–Crippen LogP) is 2.29. The number of anilines is 1. The van der Waals surface area contributed by atoms with Gasteiger partial charge < -0.3 is 14.8 Å². The summed E-state index contributed by atoms with van der Waals surface area (Å²) in [4.78, 5) is 23.8. The van der Waals surface area contributed by atoms with Crippen molar-refractivity contribution in [2.45, 2.75) is 20.3 Å². The van der Waals surface area contributed by atoms with Crippen LogP contribution < -0.4 is 5.32 Å². The highest BCUT2D eigenvalue weighted by Crippen LogP contribution is 2.23. The molecule has 1 aromatic carbocycles. The van der Waals surface area contributed by atoms with Gasteiger partial charge in [-0.05, 0) is 38.0 Å². The maximum absolute atomic E-state index is 13.9. The van der Waals surface area contributed by atoms with E-state index in [-0.39, 0.29) is 29.7 Å². The van der Waals surface area contributed by atoms with E-state index < -0.39 is 11.8 Å². The zero-order valence-corrected chi connectivity index (χ0v) is 12.1. The van der Waals surface area contributed by atoms with Gasteiger partial charge in [-0.25, -0.2) is 9.18 Å². The Kier molecular flexibility index (Phi) is 4.90. The molecule has 1 saturated heterocycles. The van der Waals surface area contributed by atoms with E-state index in [2.05, 4.69) is 5.32 Å². The van der Waals surface area contributed by atoms with E-state index in [4.69, 9.17) is 9.47 Å². The largest absolute Gasteiger partial charge is 0.462 e. The molecule has 0 radical (unpaired) electrons. The highest BCUT2D eigenvalue weighted by atomic mass is 19.1. The van der Waals surface area contributed by atoms with Crippen LogP contribution in [0, 0.1) is 18.7 Å². The summed E-state index contributed by atoms with van der Waals surface area (Å²) < 4.78 is 24.0. The van der Waals surface area contributed by atoms with E-state index in [0.29, 0.717) is 25.2 Å². The fourth-order valence-corrected chi connectivity index (χ4v) is 2.17. The van der Waals surface area contributed by atoms with E-state index in [0.717, 1.165) is 0 Å². The van der Waals surface area contributed by atoms with E-state index in [1.54, 1.807) is 13.8 Å². The third-order valence-corrected chi connectivity index (χ3v) is 3.37. The predicted molar refractivity (Wildman–Crippen MR) is 74.6 cm³/mol. The Morgan fingerprint density at radius 3 is 2.86 bits per heavy atom. The Labute approximate surface area is 122 Å². The van der Waals surface area contributed by atoms with Crippen molar-refractivity contribution >= 4 is 17.6 Å². The number of nitrogens with one attached hydrogen (secondary N) is 1. The van der Waals surface area contributed by atoms with Crippen molar-refractivity contribution in [3.05, 3.63) is 29.1 Å². The van der Waals surface area contributed by atoms with Crippen molar-refractivity contribution in [1.29, 1.82) is 0 Å². The highest BCUT2D eigenvalue weighted by molar-refractivity contribution is 5.96. The first-order valence-electron chi connectivity index (χ1n) is 6.88. The topological polar surface area (TPSA) is 64.6 Å². The molecule has 0 bridgehead atoms. The lowest BCUT2D eigenvalue weighted by atomic mass is 10.1. The fourth-order valence-electron chi connectivity index (χ4n) is 2.17. The van der Waals surface area contributed by atoms with Crippen molar-refractivity contribution in [1.82, 2.24) is 0 Å². The molecule has 0 saturated carbocycles. The minimum absolute atomic E-state index is 0.0134. The Morgan fingerprint density at radius 2 is 2.24 bits per heavy atom. The molecule has 1 fully saturated rings. The molecule has 0 spiro atoms. The third kappa shape index (κ3) is 3.58. The number of hydrogen-bond acceptors (Lipinski definition) is 4. The molecule has 1 aliphatic heterocycles. The Bertz CT molecular complexity index is 553. The number of esters is 1. The zero-order chi connectivity index (χ0) is 15.4.